The van der Waals surface area contributed by atoms with Crippen molar-refractivity contribution >= 4 is 32.4 Å². The molecule has 4 aliphatic rings. The first-order valence-corrected chi connectivity index (χ1v) is 12.7. The number of likely N-dealkylation sites (N-methyl/N-ethyl adjacent to an activating group) is 1. The summed E-state index contributed by atoms with van der Waals surface area (Å²) in [6.45, 7) is 0.290. The summed E-state index contributed by atoms with van der Waals surface area (Å²) >= 11 is 0. The molecule has 4 fully saturated rings. The first kappa shape index (κ1) is 20.9. The fourth-order valence-corrected chi connectivity index (χ4v) is 8.06. The minimum absolute atomic E-state index is 0.0994. The molecule has 0 aromatic heterocycles. The van der Waals surface area contributed by atoms with Gasteiger partial charge in [0.05, 0.1) is 11.4 Å². The summed E-state index contributed by atoms with van der Waals surface area (Å²) in [5.74, 6) is 1.94. The zero-order valence-electron chi connectivity index (χ0n) is 18.2. The molecule has 2 aromatic rings. The minimum atomic E-state index is -3.61. The monoisotopic (exact) mass is 441 g/mol. The Morgan fingerprint density at radius 3 is 2.29 bits per heavy atom. The number of amides is 1. The maximum Gasteiger partial charge on any atom is 0.241 e. The van der Waals surface area contributed by atoms with Gasteiger partial charge in [-0.3, -0.25) is 4.79 Å². The van der Waals surface area contributed by atoms with Crippen LogP contribution in [0.3, 0.4) is 0 Å². The van der Waals surface area contributed by atoms with Crippen molar-refractivity contribution in [3.63, 3.8) is 0 Å². The molecule has 6 rings (SSSR count). The summed E-state index contributed by atoms with van der Waals surface area (Å²) in [5.41, 5.74) is 0.437. The van der Waals surface area contributed by atoms with Gasteiger partial charge in [0, 0.05) is 16.6 Å². The van der Waals surface area contributed by atoms with E-state index in [9.17, 15) is 13.2 Å². The summed E-state index contributed by atoms with van der Waals surface area (Å²) in [4.78, 5) is 14.3. The molecule has 6 nitrogen and oxygen atoms in total. The number of hydrogen-bond donors (Lipinski definition) is 2. The average Bonchev–Trinajstić information content (AvgIpc) is 2.65. The molecule has 4 bridgehead atoms. The Morgan fingerprint density at radius 2 is 1.68 bits per heavy atom. The number of sulfonamides is 1. The number of carbonyl (C=O) groups excluding carboxylic acids is 1. The number of fused-ring (bicyclic) bond motifs is 1. The van der Waals surface area contributed by atoms with Crippen LogP contribution in [0.2, 0.25) is 0 Å². The van der Waals surface area contributed by atoms with E-state index in [1.54, 1.807) is 23.1 Å². The second-order valence-corrected chi connectivity index (χ2v) is 12.0. The Labute approximate surface area is 184 Å². The summed E-state index contributed by atoms with van der Waals surface area (Å²) in [6.07, 6.45) is 6.77. The van der Waals surface area contributed by atoms with Gasteiger partial charge in [0.25, 0.3) is 0 Å². The average molecular weight is 442 g/mol. The van der Waals surface area contributed by atoms with E-state index in [1.807, 2.05) is 32.3 Å². The molecule has 2 N–H and O–H groups in total. The van der Waals surface area contributed by atoms with Gasteiger partial charge < -0.3 is 10.2 Å². The Kier molecular flexibility index (Phi) is 5.11. The van der Waals surface area contributed by atoms with E-state index in [0.717, 1.165) is 30.0 Å². The third kappa shape index (κ3) is 4.11. The SMILES string of the molecule is CN(C)CC(=O)Nc1cccc2cc(S(=O)(=O)NC34CC5CC(CC(C5)C3)C4)ccc12. The second kappa shape index (κ2) is 7.57. The highest BCUT2D eigenvalue weighted by molar-refractivity contribution is 7.89. The zero-order chi connectivity index (χ0) is 21.8. The maximum atomic E-state index is 13.4. The first-order valence-electron chi connectivity index (χ1n) is 11.2. The largest absolute Gasteiger partial charge is 0.324 e. The van der Waals surface area contributed by atoms with Crippen LogP contribution < -0.4 is 10.0 Å². The highest BCUT2D eigenvalue weighted by atomic mass is 32.2. The van der Waals surface area contributed by atoms with Gasteiger partial charge >= 0.3 is 0 Å². The smallest absolute Gasteiger partial charge is 0.241 e. The van der Waals surface area contributed by atoms with E-state index < -0.39 is 10.0 Å². The number of rotatable bonds is 6. The summed E-state index contributed by atoms with van der Waals surface area (Å²) < 4.78 is 29.9. The van der Waals surface area contributed by atoms with Crippen LogP contribution >= 0.6 is 0 Å². The predicted molar refractivity (Wildman–Crippen MR) is 122 cm³/mol. The van der Waals surface area contributed by atoms with Gasteiger partial charge in [-0.05, 0) is 94.0 Å². The number of benzene rings is 2. The van der Waals surface area contributed by atoms with Crippen molar-refractivity contribution in [1.29, 1.82) is 0 Å². The standard InChI is InChI=1S/C24H31N3O3S/c1-27(2)15-23(28)25-22-5-3-4-19-11-20(6-7-21(19)22)31(29,30)26-24-12-16-8-17(13-24)10-18(9-16)14-24/h3-7,11,16-18,26H,8-10,12-15H2,1-2H3,(H,25,28). The molecule has 1 amide bonds. The predicted octanol–water partition coefficient (Wildman–Crippen LogP) is 3.59. The highest BCUT2D eigenvalue weighted by Gasteiger charge is 2.52. The van der Waals surface area contributed by atoms with E-state index in [2.05, 4.69) is 10.0 Å². The van der Waals surface area contributed by atoms with Gasteiger partial charge in [-0.15, -0.1) is 0 Å². The summed E-state index contributed by atoms with van der Waals surface area (Å²) in [7, 11) is 0.0776. The molecule has 0 radical (unpaired) electrons. The molecular formula is C24H31N3O3S. The van der Waals surface area contributed by atoms with Crippen LogP contribution in [0, 0.1) is 17.8 Å². The van der Waals surface area contributed by atoms with Crippen molar-refractivity contribution in [3.8, 4) is 0 Å². The Morgan fingerprint density at radius 1 is 1.03 bits per heavy atom. The number of nitrogens with one attached hydrogen (secondary N) is 2. The van der Waals surface area contributed by atoms with Crippen LogP contribution in [0.25, 0.3) is 10.8 Å². The van der Waals surface area contributed by atoms with Gasteiger partial charge in [-0.25, -0.2) is 13.1 Å². The topological polar surface area (TPSA) is 78.5 Å². The van der Waals surface area contributed by atoms with Gasteiger partial charge in [0.1, 0.15) is 0 Å². The first-order chi connectivity index (χ1) is 14.7. The number of hydrogen-bond acceptors (Lipinski definition) is 4. The normalized spacial score (nSPS) is 29.6. The summed E-state index contributed by atoms with van der Waals surface area (Å²) in [5, 5.41) is 4.57. The molecule has 0 aliphatic heterocycles. The van der Waals surface area contributed by atoms with Crippen molar-refractivity contribution in [2.75, 3.05) is 26.0 Å². The number of nitrogens with zero attached hydrogens (tertiary/aromatic N) is 1. The van der Waals surface area contributed by atoms with Gasteiger partial charge in [-0.1, -0.05) is 18.2 Å². The maximum absolute atomic E-state index is 13.4. The third-order valence-corrected chi connectivity index (χ3v) is 8.86. The molecule has 0 unspecified atom stereocenters. The zero-order valence-corrected chi connectivity index (χ0v) is 19.0. The van der Waals surface area contributed by atoms with Crippen molar-refractivity contribution < 1.29 is 13.2 Å². The van der Waals surface area contributed by atoms with Crippen molar-refractivity contribution in [2.24, 2.45) is 17.8 Å². The van der Waals surface area contributed by atoms with Crippen LogP contribution in [0.4, 0.5) is 5.69 Å². The van der Waals surface area contributed by atoms with Crippen LogP contribution in [0.5, 0.6) is 0 Å². The Balaban J connectivity index is 1.40. The van der Waals surface area contributed by atoms with Gasteiger partial charge in [0.15, 0.2) is 0 Å². The van der Waals surface area contributed by atoms with E-state index in [1.165, 1.54) is 19.3 Å². The van der Waals surface area contributed by atoms with E-state index >= 15 is 0 Å². The second-order valence-electron chi connectivity index (χ2n) is 10.3. The van der Waals surface area contributed by atoms with Crippen molar-refractivity contribution in [1.82, 2.24) is 9.62 Å². The number of anilines is 1. The Bertz CT molecular complexity index is 1090. The molecule has 4 aliphatic carbocycles. The van der Waals surface area contributed by atoms with Crippen LogP contribution in [0.1, 0.15) is 38.5 Å². The molecule has 4 saturated carbocycles. The highest BCUT2D eigenvalue weighted by Crippen LogP contribution is 2.56. The van der Waals surface area contributed by atoms with Gasteiger partial charge in [-0.2, -0.15) is 0 Å². The summed E-state index contributed by atoms with van der Waals surface area (Å²) in [6, 6.07) is 10.8. The Hall–Kier alpha value is -1.96. The number of carbonyl (C=O) groups is 1. The molecule has 0 spiro atoms. The molecule has 0 saturated heterocycles. The van der Waals surface area contributed by atoms with Gasteiger partial charge in [0.2, 0.25) is 15.9 Å². The lowest BCUT2D eigenvalue weighted by atomic mass is 9.53. The van der Waals surface area contributed by atoms with E-state index in [-0.39, 0.29) is 18.0 Å². The van der Waals surface area contributed by atoms with E-state index in [0.29, 0.717) is 28.3 Å². The van der Waals surface area contributed by atoms with Crippen LogP contribution in [-0.2, 0) is 14.8 Å². The molecule has 31 heavy (non-hydrogen) atoms. The van der Waals surface area contributed by atoms with Crippen LogP contribution in [-0.4, -0.2) is 45.4 Å². The van der Waals surface area contributed by atoms with Crippen LogP contribution in [0.15, 0.2) is 41.3 Å². The molecular weight excluding hydrogens is 410 g/mol. The fourth-order valence-electron chi connectivity index (χ4n) is 6.59. The fraction of sp³-hybridized carbons (Fsp3) is 0.542. The molecule has 2 aromatic carbocycles. The van der Waals surface area contributed by atoms with Crippen molar-refractivity contribution in [2.45, 2.75) is 49.0 Å². The van der Waals surface area contributed by atoms with E-state index in [4.69, 9.17) is 0 Å². The minimum Gasteiger partial charge on any atom is -0.324 e. The lowest BCUT2D eigenvalue weighted by Gasteiger charge is -2.56. The molecule has 166 valence electrons. The quantitative estimate of drug-likeness (QED) is 0.718. The molecule has 7 heteroatoms. The third-order valence-electron chi connectivity index (χ3n) is 7.29. The molecule has 0 atom stereocenters. The lowest BCUT2D eigenvalue weighted by molar-refractivity contribution is -0.116. The van der Waals surface area contributed by atoms with Crippen molar-refractivity contribution in [3.05, 3.63) is 36.4 Å². The lowest BCUT2D eigenvalue weighted by Crippen LogP contribution is -2.59. The molecule has 0 heterocycles.